The van der Waals surface area contributed by atoms with Gasteiger partial charge in [-0.15, -0.1) is 0 Å². The highest BCUT2D eigenvalue weighted by atomic mass is 16.3. The molecule has 0 saturated heterocycles. The second kappa shape index (κ2) is 32.8. The number of aryl methyl sites for hydroxylation is 6. The zero-order chi connectivity index (χ0) is 81.2. The fraction of sp³-hybridized carbons (Fsp3) is 0.0526. The van der Waals surface area contributed by atoms with E-state index in [1.165, 1.54) is 148 Å². The Balaban J connectivity index is 0.0000000952. The van der Waals surface area contributed by atoms with Gasteiger partial charge in [-0.3, -0.25) is 0 Å². The third-order valence-electron chi connectivity index (χ3n) is 22.6. The van der Waals surface area contributed by atoms with Crippen molar-refractivity contribution in [3.05, 3.63) is 434 Å². The molecule has 6 nitrogen and oxygen atoms in total. The first-order valence-electron chi connectivity index (χ1n) is 40.8. The highest BCUT2D eigenvalue weighted by molar-refractivity contribution is 6.15. The van der Waals surface area contributed by atoms with Crippen molar-refractivity contribution < 1.29 is 26.5 Å². The van der Waals surface area contributed by atoms with Gasteiger partial charge in [0.2, 0.25) is 0 Å². The van der Waals surface area contributed by atoms with Crippen LogP contribution in [0.4, 0.5) is 0 Å². The van der Waals surface area contributed by atoms with E-state index in [0.717, 1.165) is 83.7 Å². The SMILES string of the molecule is Cc1ccc(-c2ccc3c(c2)oc2ccccc23)cc1.Cc1ccc(-c2cccc3c2oc2ccccc23)cc1.Cc1ccc(-c2cccc3oc4ccccc4c23)cc1.Cc1ccc2c(c1)oc1cc(-c3ccccc3)ccc12.Cc1cccc(-c2cccc3c2oc2ccccc23)c1.Cc1ccccc1-c1cccc2c1oc1ccccc12. The molecule has 120 heavy (non-hydrogen) atoms. The van der Waals surface area contributed by atoms with E-state index < -0.39 is 0 Å². The van der Waals surface area contributed by atoms with E-state index in [4.69, 9.17) is 26.5 Å². The van der Waals surface area contributed by atoms with Gasteiger partial charge in [-0.05, 0) is 169 Å². The number of para-hydroxylation sites is 8. The number of furan rings is 6. The average molecular weight is 1550 g/mol. The predicted molar refractivity (Wildman–Crippen MR) is 503 cm³/mol. The Morgan fingerprint density at radius 2 is 0.442 bits per heavy atom. The van der Waals surface area contributed by atoms with E-state index in [1.54, 1.807) is 0 Å². The van der Waals surface area contributed by atoms with Crippen LogP contribution in [0.15, 0.2) is 427 Å². The summed E-state index contributed by atoms with van der Waals surface area (Å²) < 4.78 is 36.1. The summed E-state index contributed by atoms with van der Waals surface area (Å²) in [5, 5.41) is 14.2. The van der Waals surface area contributed by atoms with Crippen LogP contribution in [0, 0.1) is 41.5 Å². The molecule has 0 amide bonds. The molecule has 0 aliphatic heterocycles. The van der Waals surface area contributed by atoms with E-state index in [9.17, 15) is 0 Å². The van der Waals surface area contributed by atoms with Gasteiger partial charge in [0.05, 0.1) is 0 Å². The monoisotopic (exact) mass is 1550 g/mol. The third kappa shape index (κ3) is 15.1. The smallest absolute Gasteiger partial charge is 0.143 e. The van der Waals surface area contributed by atoms with Gasteiger partial charge in [0.15, 0.2) is 0 Å². The van der Waals surface area contributed by atoms with Crippen LogP contribution in [0.3, 0.4) is 0 Å². The van der Waals surface area contributed by atoms with Gasteiger partial charge in [0.25, 0.3) is 0 Å². The summed E-state index contributed by atoms with van der Waals surface area (Å²) >= 11 is 0. The molecule has 0 radical (unpaired) electrons. The number of hydrogen-bond acceptors (Lipinski definition) is 6. The lowest BCUT2D eigenvalue weighted by Gasteiger charge is -2.06. The van der Waals surface area contributed by atoms with Crippen LogP contribution in [-0.2, 0) is 0 Å². The molecule has 6 heteroatoms. The Morgan fingerprint density at radius 3 is 0.967 bits per heavy atom. The molecule has 0 bridgehead atoms. The van der Waals surface area contributed by atoms with Gasteiger partial charge < -0.3 is 26.5 Å². The second-order valence-corrected chi connectivity index (χ2v) is 30.9. The molecule has 0 N–H and O–H groups in total. The maximum absolute atomic E-state index is 6.09. The molecule has 0 fully saturated rings. The van der Waals surface area contributed by atoms with Crippen molar-refractivity contribution in [3.63, 3.8) is 0 Å². The Bertz CT molecular complexity index is 7830. The Morgan fingerprint density at radius 1 is 0.142 bits per heavy atom. The summed E-state index contributed by atoms with van der Waals surface area (Å²) in [6.45, 7) is 12.6. The molecule has 24 rings (SSSR count). The third-order valence-corrected chi connectivity index (χ3v) is 22.6. The number of benzene rings is 18. The predicted octanol–water partition coefficient (Wildman–Crippen LogP) is 33.4. The van der Waals surface area contributed by atoms with Crippen molar-refractivity contribution in [2.24, 2.45) is 0 Å². The summed E-state index contributed by atoms with van der Waals surface area (Å²) in [5.41, 5.74) is 33.4. The normalized spacial score (nSPS) is 11.2. The largest absolute Gasteiger partial charge is 0.456 e. The molecule has 0 spiro atoms. The van der Waals surface area contributed by atoms with Crippen molar-refractivity contribution in [3.8, 4) is 66.8 Å². The van der Waals surface area contributed by atoms with Crippen LogP contribution in [0.1, 0.15) is 33.4 Å². The fourth-order valence-corrected chi connectivity index (χ4v) is 16.4. The Kier molecular flexibility index (Phi) is 20.5. The minimum absolute atomic E-state index is 0.946. The molecule has 0 unspecified atom stereocenters. The zero-order valence-corrected chi connectivity index (χ0v) is 67.6. The standard InChI is InChI=1S/6C19H14O/c1-13-6-4-7-14(12-13)15-9-5-10-17-16-8-2-3-11-18(16)20-19(15)17;1-13-7-2-3-8-14(13)16-10-6-11-17-15-9-4-5-12-18(15)20-19(16)17;1-13-9-11-14(12-10-13)15-6-4-7-17-16-5-2-3-8-18(16)20-19(15)17;1-13-9-11-14(12-10-13)15-6-4-8-18-19(15)16-5-2-3-7-17(16)20-18;1-13-6-8-14(9-7-13)15-10-11-17-16-4-2-3-5-18(16)20-19(17)12-15;1-13-7-9-16-17-10-8-15(14-5-3-2-4-6-14)12-19(17)20-18(16)11-13/h6*2-12H,1H3. The minimum Gasteiger partial charge on any atom is -0.456 e. The van der Waals surface area contributed by atoms with Crippen LogP contribution in [0.25, 0.3) is 198 Å². The van der Waals surface area contributed by atoms with Crippen molar-refractivity contribution in [2.75, 3.05) is 0 Å². The first-order valence-corrected chi connectivity index (χ1v) is 40.8. The lowest BCUT2D eigenvalue weighted by molar-refractivity contribution is 0.668. The maximum Gasteiger partial charge on any atom is 0.143 e. The summed E-state index contributed by atoms with van der Waals surface area (Å²) in [7, 11) is 0. The van der Waals surface area contributed by atoms with Crippen LogP contribution in [0.5, 0.6) is 0 Å². The topological polar surface area (TPSA) is 78.8 Å². The van der Waals surface area contributed by atoms with Crippen molar-refractivity contribution in [2.45, 2.75) is 41.5 Å². The molecule has 6 aromatic heterocycles. The molecule has 24 aromatic rings. The van der Waals surface area contributed by atoms with Crippen molar-refractivity contribution >= 4 is 132 Å². The molecule has 0 saturated carbocycles. The van der Waals surface area contributed by atoms with Gasteiger partial charge in [0.1, 0.15) is 67.0 Å². The molecular weight excluding hydrogens is 1470 g/mol. The maximum atomic E-state index is 6.09. The molecule has 0 aliphatic rings. The van der Waals surface area contributed by atoms with Crippen molar-refractivity contribution in [1.82, 2.24) is 0 Å². The van der Waals surface area contributed by atoms with Crippen LogP contribution in [0.2, 0.25) is 0 Å². The summed E-state index contributed by atoms with van der Waals surface area (Å²) in [5.74, 6) is 0. The summed E-state index contributed by atoms with van der Waals surface area (Å²) in [4.78, 5) is 0. The number of rotatable bonds is 6. The molecular formula is C114H84O6. The van der Waals surface area contributed by atoms with E-state index in [1.807, 2.05) is 78.9 Å². The molecule has 18 aromatic carbocycles. The van der Waals surface area contributed by atoms with Crippen LogP contribution >= 0.6 is 0 Å². The molecule has 576 valence electrons. The van der Waals surface area contributed by atoms with E-state index >= 15 is 0 Å². The van der Waals surface area contributed by atoms with Crippen molar-refractivity contribution in [1.29, 1.82) is 0 Å². The van der Waals surface area contributed by atoms with Crippen LogP contribution < -0.4 is 0 Å². The van der Waals surface area contributed by atoms with E-state index in [-0.39, 0.29) is 0 Å². The highest BCUT2D eigenvalue weighted by Gasteiger charge is 2.18. The lowest BCUT2D eigenvalue weighted by Crippen LogP contribution is -1.82. The molecule has 6 heterocycles. The molecule has 0 atom stereocenters. The Hall–Kier alpha value is -15.2. The highest BCUT2D eigenvalue weighted by Crippen LogP contribution is 2.42. The van der Waals surface area contributed by atoms with Gasteiger partial charge in [-0.1, -0.05) is 356 Å². The lowest BCUT2D eigenvalue weighted by atomic mass is 9.98. The van der Waals surface area contributed by atoms with Gasteiger partial charge in [-0.25, -0.2) is 0 Å². The summed E-state index contributed by atoms with van der Waals surface area (Å²) in [6.07, 6.45) is 0. The van der Waals surface area contributed by atoms with Gasteiger partial charge in [0, 0.05) is 81.3 Å². The van der Waals surface area contributed by atoms with Gasteiger partial charge >= 0.3 is 0 Å². The van der Waals surface area contributed by atoms with Gasteiger partial charge in [-0.2, -0.15) is 0 Å². The zero-order valence-electron chi connectivity index (χ0n) is 67.6. The Labute approximate surface area is 695 Å². The number of fused-ring (bicyclic) bond motifs is 18. The summed E-state index contributed by atoms with van der Waals surface area (Å²) in [6, 6.07) is 139. The first-order chi connectivity index (χ1) is 58.9. The first kappa shape index (κ1) is 74.8. The quantitative estimate of drug-likeness (QED) is 0.165. The molecule has 0 aliphatic carbocycles. The number of hydrogen-bond donors (Lipinski definition) is 0. The van der Waals surface area contributed by atoms with Crippen LogP contribution in [-0.4, -0.2) is 0 Å². The van der Waals surface area contributed by atoms with E-state index in [0.29, 0.717) is 0 Å². The fourth-order valence-electron chi connectivity index (χ4n) is 16.4. The second-order valence-electron chi connectivity index (χ2n) is 30.9. The average Bonchev–Trinajstić information content (AvgIpc) is 1.62. The minimum atomic E-state index is 0.946. The van der Waals surface area contributed by atoms with E-state index in [2.05, 4.69) is 363 Å².